The predicted octanol–water partition coefficient (Wildman–Crippen LogP) is 2.87. The molecular weight excluding hydrogens is 302 g/mol. The summed E-state index contributed by atoms with van der Waals surface area (Å²) < 4.78 is 1.58. The molecule has 0 aliphatic carbocycles. The van der Waals surface area contributed by atoms with Crippen molar-refractivity contribution in [2.24, 2.45) is 7.05 Å². The van der Waals surface area contributed by atoms with Gasteiger partial charge in [-0.15, -0.1) is 0 Å². The Bertz CT molecular complexity index is 852. The number of aryl methyl sites for hydroxylation is 1. The van der Waals surface area contributed by atoms with E-state index in [1.807, 2.05) is 24.3 Å². The smallest absolute Gasteiger partial charge is 0.263 e. The van der Waals surface area contributed by atoms with E-state index in [4.69, 9.17) is 11.6 Å². The topological polar surface area (TPSA) is 75.6 Å². The number of hydrogen-bond donors (Lipinski definition) is 2. The van der Waals surface area contributed by atoms with Gasteiger partial charge in [0.15, 0.2) is 5.65 Å². The van der Waals surface area contributed by atoms with Crippen LogP contribution in [0.15, 0.2) is 35.3 Å². The highest BCUT2D eigenvalue weighted by Crippen LogP contribution is 2.22. The maximum absolute atomic E-state index is 12.1. The maximum Gasteiger partial charge on any atom is 0.263 e. The summed E-state index contributed by atoms with van der Waals surface area (Å²) in [4.78, 5) is 19.2. The van der Waals surface area contributed by atoms with E-state index >= 15 is 0 Å². The van der Waals surface area contributed by atoms with Crippen LogP contribution in [0.5, 0.6) is 0 Å². The average Bonchev–Trinajstić information content (AvgIpc) is 2.88. The normalized spacial score (nSPS) is 12.5. The molecule has 0 saturated heterocycles. The lowest BCUT2D eigenvalue weighted by atomic mass is 10.1. The van der Waals surface area contributed by atoms with Crippen molar-refractivity contribution in [3.8, 4) is 0 Å². The minimum Gasteiger partial charge on any atom is -0.349 e. The van der Waals surface area contributed by atoms with Gasteiger partial charge >= 0.3 is 0 Å². The predicted molar refractivity (Wildman–Crippen MR) is 87.2 cm³/mol. The molecule has 3 rings (SSSR count). The number of fused-ring (bicyclic) bond motifs is 1. The Morgan fingerprint density at radius 1 is 1.36 bits per heavy atom. The first-order valence-corrected chi connectivity index (χ1v) is 7.40. The molecule has 22 heavy (non-hydrogen) atoms. The maximum atomic E-state index is 12.1. The molecule has 7 heteroatoms. The molecule has 0 amide bonds. The molecule has 0 fully saturated rings. The minimum atomic E-state index is -0.202. The third kappa shape index (κ3) is 2.69. The number of aromatic amines is 1. The Labute approximate surface area is 132 Å². The third-order valence-corrected chi connectivity index (χ3v) is 3.85. The molecular formula is C15H16ClN5O. The molecule has 0 aliphatic heterocycles. The van der Waals surface area contributed by atoms with E-state index < -0.39 is 0 Å². The summed E-state index contributed by atoms with van der Waals surface area (Å²) in [6.07, 6.45) is 2.36. The number of halogens is 1. The first-order valence-electron chi connectivity index (χ1n) is 7.02. The molecule has 1 atom stereocenters. The minimum absolute atomic E-state index is 0.0334. The van der Waals surface area contributed by atoms with Gasteiger partial charge in [-0.05, 0) is 24.1 Å². The van der Waals surface area contributed by atoms with Gasteiger partial charge in [0.2, 0.25) is 5.95 Å². The van der Waals surface area contributed by atoms with Crippen LogP contribution in [0.3, 0.4) is 0 Å². The van der Waals surface area contributed by atoms with E-state index in [-0.39, 0.29) is 11.6 Å². The summed E-state index contributed by atoms with van der Waals surface area (Å²) in [6, 6.07) is 7.66. The van der Waals surface area contributed by atoms with Gasteiger partial charge in [0, 0.05) is 12.1 Å². The Kier molecular flexibility index (Phi) is 3.85. The zero-order valence-corrected chi connectivity index (χ0v) is 13.1. The lowest BCUT2D eigenvalue weighted by molar-refractivity contribution is 0.735. The van der Waals surface area contributed by atoms with Gasteiger partial charge < -0.3 is 5.32 Å². The van der Waals surface area contributed by atoms with Crippen LogP contribution in [-0.2, 0) is 7.05 Å². The molecule has 0 spiro atoms. The fourth-order valence-electron chi connectivity index (χ4n) is 2.38. The number of hydrogen-bond acceptors (Lipinski definition) is 4. The molecule has 0 radical (unpaired) electrons. The molecule has 114 valence electrons. The molecule has 0 bridgehead atoms. The molecule has 1 unspecified atom stereocenters. The monoisotopic (exact) mass is 317 g/mol. The van der Waals surface area contributed by atoms with Crippen molar-refractivity contribution in [1.29, 1.82) is 0 Å². The molecule has 0 saturated carbocycles. The highest BCUT2D eigenvalue weighted by atomic mass is 35.5. The van der Waals surface area contributed by atoms with E-state index in [1.54, 1.807) is 11.7 Å². The third-order valence-electron chi connectivity index (χ3n) is 3.59. The Morgan fingerprint density at radius 2 is 2.09 bits per heavy atom. The second-order valence-corrected chi connectivity index (χ2v) is 5.51. The quantitative estimate of drug-likeness (QED) is 0.776. The van der Waals surface area contributed by atoms with Crippen LogP contribution >= 0.6 is 11.6 Å². The van der Waals surface area contributed by atoms with Gasteiger partial charge in [0.25, 0.3) is 5.56 Å². The lowest BCUT2D eigenvalue weighted by Gasteiger charge is -2.17. The zero-order valence-electron chi connectivity index (χ0n) is 12.3. The van der Waals surface area contributed by atoms with Crippen molar-refractivity contribution in [2.45, 2.75) is 19.4 Å². The Morgan fingerprint density at radius 3 is 2.77 bits per heavy atom. The number of nitrogens with zero attached hydrogens (tertiary/aromatic N) is 3. The number of nitrogens with one attached hydrogen (secondary N) is 2. The van der Waals surface area contributed by atoms with Gasteiger partial charge in [-0.25, -0.2) is 0 Å². The molecule has 2 heterocycles. The van der Waals surface area contributed by atoms with Crippen LogP contribution < -0.4 is 10.9 Å². The SMILES string of the molecule is CCC(Nc1nc2c(cnn2C)c(=O)[nH]1)c1ccc(Cl)cc1. The van der Waals surface area contributed by atoms with Crippen molar-refractivity contribution in [3.05, 3.63) is 51.4 Å². The fourth-order valence-corrected chi connectivity index (χ4v) is 2.51. The summed E-state index contributed by atoms with van der Waals surface area (Å²) in [7, 11) is 1.76. The summed E-state index contributed by atoms with van der Waals surface area (Å²) in [6.45, 7) is 2.06. The number of aromatic nitrogens is 4. The van der Waals surface area contributed by atoms with E-state index in [1.165, 1.54) is 6.20 Å². The van der Waals surface area contributed by atoms with Gasteiger partial charge in [-0.3, -0.25) is 14.5 Å². The van der Waals surface area contributed by atoms with Crippen molar-refractivity contribution < 1.29 is 0 Å². The highest BCUT2D eigenvalue weighted by molar-refractivity contribution is 6.30. The van der Waals surface area contributed by atoms with Crippen molar-refractivity contribution in [3.63, 3.8) is 0 Å². The standard InChI is InChI=1S/C15H16ClN5O/c1-3-12(9-4-6-10(16)7-5-9)18-15-19-13-11(14(22)20-15)8-17-21(13)2/h4-8,12H,3H2,1-2H3,(H2,18,19,20,22). The van der Waals surface area contributed by atoms with Crippen LogP contribution in [0, 0.1) is 0 Å². The van der Waals surface area contributed by atoms with Crippen LogP contribution in [-0.4, -0.2) is 19.7 Å². The second-order valence-electron chi connectivity index (χ2n) is 5.08. The van der Waals surface area contributed by atoms with Gasteiger partial charge in [0.05, 0.1) is 12.2 Å². The average molecular weight is 318 g/mol. The van der Waals surface area contributed by atoms with Crippen molar-refractivity contribution >= 4 is 28.6 Å². The Balaban J connectivity index is 1.95. The summed E-state index contributed by atoms with van der Waals surface area (Å²) in [5, 5.41) is 8.50. The number of rotatable bonds is 4. The van der Waals surface area contributed by atoms with Crippen LogP contribution in [0.2, 0.25) is 5.02 Å². The van der Waals surface area contributed by atoms with Crippen LogP contribution in [0.25, 0.3) is 11.0 Å². The molecule has 2 aromatic heterocycles. The highest BCUT2D eigenvalue weighted by Gasteiger charge is 2.13. The molecule has 6 nitrogen and oxygen atoms in total. The summed E-state index contributed by atoms with van der Waals surface area (Å²) in [5.74, 6) is 0.433. The van der Waals surface area contributed by atoms with Crippen molar-refractivity contribution in [1.82, 2.24) is 19.7 Å². The van der Waals surface area contributed by atoms with Gasteiger partial charge in [0.1, 0.15) is 5.39 Å². The molecule has 0 aliphatic rings. The fraction of sp³-hybridized carbons (Fsp3) is 0.267. The van der Waals surface area contributed by atoms with Crippen molar-refractivity contribution in [2.75, 3.05) is 5.32 Å². The van der Waals surface area contributed by atoms with Gasteiger partial charge in [-0.1, -0.05) is 30.7 Å². The van der Waals surface area contributed by atoms with Crippen LogP contribution in [0.1, 0.15) is 24.9 Å². The summed E-state index contributed by atoms with van der Waals surface area (Å²) >= 11 is 5.92. The molecule has 1 aromatic carbocycles. The summed E-state index contributed by atoms with van der Waals surface area (Å²) in [5.41, 5.74) is 1.43. The number of benzene rings is 1. The number of H-pyrrole nitrogens is 1. The van der Waals surface area contributed by atoms with Crippen LogP contribution in [0.4, 0.5) is 5.95 Å². The van der Waals surface area contributed by atoms with E-state index in [0.717, 1.165) is 12.0 Å². The molecule has 2 N–H and O–H groups in total. The Hall–Kier alpha value is -2.34. The number of anilines is 1. The first-order chi connectivity index (χ1) is 10.6. The zero-order chi connectivity index (χ0) is 15.7. The second kappa shape index (κ2) is 5.81. The largest absolute Gasteiger partial charge is 0.349 e. The van der Waals surface area contributed by atoms with E-state index in [2.05, 4.69) is 27.3 Å². The lowest BCUT2D eigenvalue weighted by Crippen LogP contribution is -2.17. The van der Waals surface area contributed by atoms with Gasteiger partial charge in [-0.2, -0.15) is 10.1 Å². The molecule has 3 aromatic rings. The first kappa shape index (κ1) is 14.6. The van der Waals surface area contributed by atoms with E-state index in [9.17, 15) is 4.79 Å². The van der Waals surface area contributed by atoms with E-state index in [0.29, 0.717) is 22.0 Å².